The van der Waals surface area contributed by atoms with E-state index in [9.17, 15) is 4.79 Å². The quantitative estimate of drug-likeness (QED) is 0.868. The molecule has 1 atom stereocenters. The Kier molecular flexibility index (Phi) is 4.55. The largest absolute Gasteiger partial charge is 0.354 e. The van der Waals surface area contributed by atoms with E-state index in [0.717, 1.165) is 11.1 Å². The van der Waals surface area contributed by atoms with Crippen molar-refractivity contribution in [1.82, 2.24) is 24.9 Å². The Labute approximate surface area is 118 Å². The molecule has 20 heavy (non-hydrogen) atoms. The molecule has 0 aliphatic rings. The Morgan fingerprint density at radius 2 is 1.95 bits per heavy atom. The molecule has 0 aromatic carbocycles. The Bertz CT molecular complexity index is 572. The molecule has 0 aliphatic heterocycles. The van der Waals surface area contributed by atoms with Gasteiger partial charge in [-0.05, 0) is 31.9 Å². The summed E-state index contributed by atoms with van der Waals surface area (Å²) in [5.74, 6) is 0.0360. The summed E-state index contributed by atoms with van der Waals surface area (Å²) in [7, 11) is 0. The summed E-state index contributed by atoms with van der Waals surface area (Å²) in [4.78, 5) is 11.8. The van der Waals surface area contributed by atoms with Gasteiger partial charge in [-0.2, -0.15) is 10.2 Å². The lowest BCUT2D eigenvalue weighted by atomic mass is 10.3. The second-order valence-corrected chi connectivity index (χ2v) is 5.18. The summed E-state index contributed by atoms with van der Waals surface area (Å²) in [5, 5.41) is 11.3. The molecule has 1 N–H and O–H groups in total. The molecule has 1 amide bonds. The molecular formula is C14H21N5O. The van der Waals surface area contributed by atoms with Crippen molar-refractivity contribution in [2.45, 2.75) is 39.8 Å². The number of aromatic nitrogens is 4. The summed E-state index contributed by atoms with van der Waals surface area (Å²) >= 11 is 0. The van der Waals surface area contributed by atoms with Crippen molar-refractivity contribution in [3.63, 3.8) is 0 Å². The molecule has 2 rings (SSSR count). The summed E-state index contributed by atoms with van der Waals surface area (Å²) in [5.41, 5.74) is 2.23. The monoisotopic (exact) mass is 275 g/mol. The molecule has 6 heteroatoms. The third-order valence-electron chi connectivity index (χ3n) is 3.11. The summed E-state index contributed by atoms with van der Waals surface area (Å²) in [6, 6.07) is 0.152. The van der Waals surface area contributed by atoms with E-state index >= 15 is 0 Å². The lowest BCUT2D eigenvalue weighted by Gasteiger charge is -2.13. The first-order valence-corrected chi connectivity index (χ1v) is 6.81. The van der Waals surface area contributed by atoms with E-state index in [1.807, 2.05) is 44.0 Å². The highest BCUT2D eigenvalue weighted by molar-refractivity contribution is 5.75. The van der Waals surface area contributed by atoms with Gasteiger partial charge < -0.3 is 5.32 Å². The third kappa shape index (κ3) is 3.94. The number of carbonyl (C=O) groups excluding carboxylic acids is 1. The summed E-state index contributed by atoms with van der Waals surface area (Å²) < 4.78 is 3.65. The Morgan fingerprint density at radius 3 is 2.55 bits per heavy atom. The van der Waals surface area contributed by atoms with E-state index in [0.29, 0.717) is 19.5 Å². The van der Waals surface area contributed by atoms with Gasteiger partial charge in [0.1, 0.15) is 0 Å². The number of hydrogen-bond donors (Lipinski definition) is 1. The maximum Gasteiger partial charge on any atom is 0.221 e. The average Bonchev–Trinajstić information content (AvgIpc) is 3.02. The van der Waals surface area contributed by atoms with Crippen LogP contribution in [0.3, 0.4) is 0 Å². The number of carbonyl (C=O) groups is 1. The molecule has 2 aromatic rings. The molecule has 6 nitrogen and oxygen atoms in total. The van der Waals surface area contributed by atoms with Crippen molar-refractivity contribution in [3.05, 3.63) is 35.9 Å². The standard InChI is InChI=1S/C14H21N5O/c1-11-6-16-18(9-11)5-4-14(20)15-8-13(3)19-10-12(2)7-17-19/h6-7,9-10,13H,4-5,8H2,1-3H3,(H,15,20). The van der Waals surface area contributed by atoms with Crippen molar-refractivity contribution < 1.29 is 4.79 Å². The predicted molar refractivity (Wildman–Crippen MR) is 76.3 cm³/mol. The molecule has 0 saturated carbocycles. The smallest absolute Gasteiger partial charge is 0.221 e. The van der Waals surface area contributed by atoms with Crippen LogP contribution in [0.4, 0.5) is 0 Å². The van der Waals surface area contributed by atoms with Gasteiger partial charge in [-0.15, -0.1) is 0 Å². The highest BCUT2D eigenvalue weighted by atomic mass is 16.1. The van der Waals surface area contributed by atoms with Gasteiger partial charge in [-0.1, -0.05) is 0 Å². The Balaban J connectivity index is 1.72. The number of nitrogens with zero attached hydrogens (tertiary/aromatic N) is 4. The van der Waals surface area contributed by atoms with Crippen LogP contribution in [0.15, 0.2) is 24.8 Å². The zero-order chi connectivity index (χ0) is 14.5. The molecule has 0 spiro atoms. The summed E-state index contributed by atoms with van der Waals surface area (Å²) in [6.07, 6.45) is 7.95. The van der Waals surface area contributed by atoms with Crippen LogP contribution in [0.25, 0.3) is 0 Å². The second-order valence-electron chi connectivity index (χ2n) is 5.18. The maximum absolute atomic E-state index is 11.8. The normalized spacial score (nSPS) is 12.3. The van der Waals surface area contributed by atoms with Crippen LogP contribution >= 0.6 is 0 Å². The fourth-order valence-corrected chi connectivity index (χ4v) is 1.92. The van der Waals surface area contributed by atoms with Gasteiger partial charge in [-0.25, -0.2) is 0 Å². The molecule has 0 aliphatic carbocycles. The van der Waals surface area contributed by atoms with E-state index < -0.39 is 0 Å². The van der Waals surface area contributed by atoms with Gasteiger partial charge in [0.25, 0.3) is 0 Å². The maximum atomic E-state index is 11.8. The van der Waals surface area contributed by atoms with Crippen LogP contribution < -0.4 is 5.32 Å². The first-order valence-electron chi connectivity index (χ1n) is 6.81. The lowest BCUT2D eigenvalue weighted by molar-refractivity contribution is -0.121. The van der Waals surface area contributed by atoms with Crippen molar-refractivity contribution in [1.29, 1.82) is 0 Å². The van der Waals surface area contributed by atoms with Crippen LogP contribution in [0, 0.1) is 13.8 Å². The van der Waals surface area contributed by atoms with Crippen LogP contribution in [0.2, 0.25) is 0 Å². The zero-order valence-electron chi connectivity index (χ0n) is 12.2. The second kappa shape index (κ2) is 6.36. The first kappa shape index (κ1) is 14.3. The third-order valence-corrected chi connectivity index (χ3v) is 3.11. The molecule has 2 heterocycles. The molecule has 0 radical (unpaired) electrons. The van der Waals surface area contributed by atoms with Crippen molar-refractivity contribution in [2.75, 3.05) is 6.54 Å². The van der Waals surface area contributed by atoms with Crippen LogP contribution in [-0.2, 0) is 11.3 Å². The minimum atomic E-state index is 0.0360. The molecule has 108 valence electrons. The van der Waals surface area contributed by atoms with E-state index in [-0.39, 0.29) is 11.9 Å². The van der Waals surface area contributed by atoms with E-state index in [1.54, 1.807) is 10.9 Å². The van der Waals surface area contributed by atoms with Gasteiger partial charge in [0.2, 0.25) is 5.91 Å². The molecule has 0 fully saturated rings. The average molecular weight is 275 g/mol. The van der Waals surface area contributed by atoms with Crippen molar-refractivity contribution in [3.8, 4) is 0 Å². The molecule has 0 saturated heterocycles. The SMILES string of the molecule is Cc1cnn(CCC(=O)NCC(C)n2cc(C)cn2)c1. The van der Waals surface area contributed by atoms with Gasteiger partial charge in [-0.3, -0.25) is 14.2 Å². The van der Waals surface area contributed by atoms with Crippen LogP contribution in [-0.4, -0.2) is 32.0 Å². The van der Waals surface area contributed by atoms with E-state index in [2.05, 4.69) is 15.5 Å². The lowest BCUT2D eigenvalue weighted by Crippen LogP contribution is -2.30. The molecule has 0 bridgehead atoms. The Hall–Kier alpha value is -2.11. The number of rotatable bonds is 6. The highest BCUT2D eigenvalue weighted by Gasteiger charge is 2.08. The molecular weight excluding hydrogens is 254 g/mol. The minimum Gasteiger partial charge on any atom is -0.354 e. The summed E-state index contributed by atoms with van der Waals surface area (Å²) in [6.45, 7) is 7.20. The topological polar surface area (TPSA) is 64.7 Å². The number of hydrogen-bond acceptors (Lipinski definition) is 3. The molecule has 1 unspecified atom stereocenters. The number of nitrogens with one attached hydrogen (secondary N) is 1. The van der Waals surface area contributed by atoms with Gasteiger partial charge in [0.15, 0.2) is 0 Å². The van der Waals surface area contributed by atoms with E-state index in [1.165, 1.54) is 0 Å². The molecule has 2 aromatic heterocycles. The highest BCUT2D eigenvalue weighted by Crippen LogP contribution is 2.04. The fraction of sp³-hybridized carbons (Fsp3) is 0.500. The number of aryl methyl sites for hydroxylation is 3. The van der Waals surface area contributed by atoms with Gasteiger partial charge in [0, 0.05) is 31.9 Å². The first-order chi connectivity index (χ1) is 9.54. The zero-order valence-corrected chi connectivity index (χ0v) is 12.2. The van der Waals surface area contributed by atoms with E-state index in [4.69, 9.17) is 0 Å². The Morgan fingerprint density at radius 1 is 1.25 bits per heavy atom. The van der Waals surface area contributed by atoms with Crippen molar-refractivity contribution >= 4 is 5.91 Å². The van der Waals surface area contributed by atoms with Crippen molar-refractivity contribution in [2.24, 2.45) is 0 Å². The van der Waals surface area contributed by atoms with Gasteiger partial charge in [0.05, 0.1) is 18.4 Å². The predicted octanol–water partition coefficient (Wildman–Crippen LogP) is 1.46. The minimum absolute atomic E-state index is 0.0360. The fourth-order valence-electron chi connectivity index (χ4n) is 1.92. The van der Waals surface area contributed by atoms with Gasteiger partial charge >= 0.3 is 0 Å². The number of amides is 1. The van der Waals surface area contributed by atoms with Crippen LogP contribution in [0.1, 0.15) is 30.5 Å². The van der Waals surface area contributed by atoms with Crippen LogP contribution in [0.5, 0.6) is 0 Å².